The summed E-state index contributed by atoms with van der Waals surface area (Å²) in [7, 11) is 0. The predicted molar refractivity (Wildman–Crippen MR) is 170 cm³/mol. The van der Waals surface area contributed by atoms with Gasteiger partial charge < -0.3 is 20.2 Å². The van der Waals surface area contributed by atoms with E-state index in [0.717, 1.165) is 55.5 Å². The van der Waals surface area contributed by atoms with Crippen molar-refractivity contribution in [2.24, 2.45) is 0 Å². The molecule has 6 rings (SSSR count). The number of likely N-dealkylation sites (tertiary alicyclic amines) is 1. The number of carbonyl (C=O) groups excluding carboxylic acids is 3. The number of hydrogen-bond donors (Lipinski definition) is 4. The zero-order valence-corrected chi connectivity index (χ0v) is 26.4. The smallest absolute Gasteiger partial charge is 0.433 e. The first-order valence-corrected chi connectivity index (χ1v) is 15.7. The fraction of sp³-hybridized carbons (Fsp3) is 0.382. The topological polar surface area (TPSA) is 150 Å². The summed E-state index contributed by atoms with van der Waals surface area (Å²) in [5.74, 6) is -0.690. The number of imide groups is 1. The molecule has 2 aliphatic rings. The van der Waals surface area contributed by atoms with Gasteiger partial charge in [-0.3, -0.25) is 29.6 Å². The Kier molecular flexibility index (Phi) is 8.96. The molecule has 252 valence electrons. The van der Waals surface area contributed by atoms with Crippen molar-refractivity contribution in [3.63, 3.8) is 0 Å². The molecule has 0 radical (unpaired) electrons. The minimum absolute atomic E-state index is 0.0346. The summed E-state index contributed by atoms with van der Waals surface area (Å²) in [6, 6.07) is 12.3. The third-order valence-electron chi connectivity index (χ3n) is 8.68. The first-order valence-electron chi connectivity index (χ1n) is 15.7. The van der Waals surface area contributed by atoms with Gasteiger partial charge in [-0.1, -0.05) is 18.2 Å². The molecule has 3 amide bonds. The number of alkyl halides is 3. The average molecular weight is 665 g/mol. The largest absolute Gasteiger partial charge is 0.440 e. The molecule has 1 atom stereocenters. The van der Waals surface area contributed by atoms with E-state index in [0.29, 0.717) is 41.9 Å². The number of oxazole rings is 1. The number of piperidine rings is 2. The summed E-state index contributed by atoms with van der Waals surface area (Å²) in [6.07, 6.45) is -1.48. The van der Waals surface area contributed by atoms with Gasteiger partial charge in [0.25, 0.3) is 5.91 Å². The maximum Gasteiger partial charge on any atom is 0.433 e. The number of pyridine rings is 1. The Morgan fingerprint density at radius 3 is 2.48 bits per heavy atom. The van der Waals surface area contributed by atoms with Gasteiger partial charge in [-0.15, -0.1) is 0 Å². The van der Waals surface area contributed by atoms with E-state index < -0.39 is 29.4 Å². The van der Waals surface area contributed by atoms with Crippen LogP contribution in [0.15, 0.2) is 59.1 Å². The molecule has 4 aromatic rings. The Hall–Kier alpha value is -4.82. The minimum atomic E-state index is -4.63. The number of anilines is 2. The number of para-hydroxylation sites is 1. The van der Waals surface area contributed by atoms with Crippen LogP contribution in [0.5, 0.6) is 0 Å². The van der Waals surface area contributed by atoms with Crippen molar-refractivity contribution in [2.75, 3.05) is 23.7 Å². The molecule has 0 aliphatic carbocycles. The highest BCUT2D eigenvalue weighted by Gasteiger charge is 2.33. The summed E-state index contributed by atoms with van der Waals surface area (Å²) < 4.78 is 44.9. The van der Waals surface area contributed by atoms with Gasteiger partial charge in [-0.2, -0.15) is 13.2 Å². The van der Waals surface area contributed by atoms with E-state index in [1.165, 1.54) is 0 Å². The van der Waals surface area contributed by atoms with Crippen LogP contribution >= 0.6 is 0 Å². The first-order chi connectivity index (χ1) is 22.7. The maximum absolute atomic E-state index is 13.0. The Bertz CT molecular complexity index is 1840. The van der Waals surface area contributed by atoms with Gasteiger partial charge in [-0.05, 0) is 76.0 Å². The maximum atomic E-state index is 13.0. The molecular formula is C34H35F3N6O5. The number of amides is 3. The van der Waals surface area contributed by atoms with Crippen molar-refractivity contribution >= 4 is 40.2 Å². The van der Waals surface area contributed by atoms with Crippen LogP contribution in [0.4, 0.5) is 24.5 Å². The number of nitrogens with zero attached hydrogens (tertiary/aromatic N) is 3. The van der Waals surface area contributed by atoms with Crippen molar-refractivity contribution in [1.29, 1.82) is 0 Å². The number of benzene rings is 2. The van der Waals surface area contributed by atoms with Crippen LogP contribution in [0.25, 0.3) is 11.1 Å². The average Bonchev–Trinajstić information content (AvgIpc) is 3.45. The van der Waals surface area contributed by atoms with Crippen LogP contribution in [0.3, 0.4) is 0 Å². The molecule has 0 bridgehead atoms. The summed E-state index contributed by atoms with van der Waals surface area (Å²) in [5.41, 5.74) is 0.833. The number of nitrogens with one attached hydrogen (secondary N) is 3. The molecule has 2 fully saturated rings. The van der Waals surface area contributed by atoms with Crippen LogP contribution < -0.4 is 16.0 Å². The Morgan fingerprint density at radius 1 is 1.06 bits per heavy atom. The molecule has 2 aromatic heterocycles. The van der Waals surface area contributed by atoms with E-state index in [1.807, 2.05) is 24.3 Å². The minimum Gasteiger partial charge on any atom is -0.440 e. The van der Waals surface area contributed by atoms with Gasteiger partial charge in [0.05, 0.1) is 16.9 Å². The lowest BCUT2D eigenvalue weighted by atomic mass is 9.95. The van der Waals surface area contributed by atoms with Gasteiger partial charge in [0.15, 0.2) is 11.5 Å². The summed E-state index contributed by atoms with van der Waals surface area (Å²) in [5, 5.41) is 19.3. The van der Waals surface area contributed by atoms with E-state index >= 15 is 0 Å². The molecule has 2 aliphatic heterocycles. The molecular weight excluding hydrogens is 629 g/mol. The molecule has 14 heteroatoms. The fourth-order valence-electron chi connectivity index (χ4n) is 6.06. The number of rotatable bonds is 8. The van der Waals surface area contributed by atoms with Crippen LogP contribution in [0.2, 0.25) is 0 Å². The molecule has 2 aromatic carbocycles. The second-order valence-corrected chi connectivity index (χ2v) is 12.7. The van der Waals surface area contributed by atoms with E-state index in [-0.39, 0.29) is 29.0 Å². The lowest BCUT2D eigenvalue weighted by Gasteiger charge is -2.31. The second kappa shape index (κ2) is 13.0. The summed E-state index contributed by atoms with van der Waals surface area (Å²) in [6.45, 7) is 5.32. The monoisotopic (exact) mass is 664 g/mol. The van der Waals surface area contributed by atoms with Gasteiger partial charge in [0.2, 0.25) is 11.8 Å². The normalized spacial score (nSPS) is 18.2. The lowest BCUT2D eigenvalue weighted by molar-refractivity contribution is -0.141. The van der Waals surface area contributed by atoms with Crippen LogP contribution in [0, 0.1) is 0 Å². The number of hydrogen-bond acceptors (Lipinski definition) is 9. The molecule has 0 spiro atoms. The number of fused-ring (bicyclic) bond motifs is 1. The van der Waals surface area contributed by atoms with Crippen LogP contribution in [-0.4, -0.2) is 56.8 Å². The quantitative estimate of drug-likeness (QED) is 0.184. The molecule has 48 heavy (non-hydrogen) atoms. The van der Waals surface area contributed by atoms with Crippen molar-refractivity contribution in [3.8, 4) is 0 Å². The highest BCUT2D eigenvalue weighted by molar-refractivity contribution is 6.05. The van der Waals surface area contributed by atoms with Gasteiger partial charge in [0, 0.05) is 42.4 Å². The third-order valence-corrected chi connectivity index (χ3v) is 8.68. The predicted octanol–water partition coefficient (Wildman–Crippen LogP) is 5.32. The molecule has 4 heterocycles. The lowest BCUT2D eigenvalue weighted by Crippen LogP contribution is -2.47. The second-order valence-electron chi connectivity index (χ2n) is 12.7. The summed E-state index contributed by atoms with van der Waals surface area (Å²) >= 11 is 0. The van der Waals surface area contributed by atoms with Gasteiger partial charge in [0.1, 0.15) is 17.3 Å². The number of aromatic nitrogens is 2. The number of carbonyl (C=O) groups is 3. The van der Waals surface area contributed by atoms with E-state index in [2.05, 4.69) is 25.8 Å². The van der Waals surface area contributed by atoms with Crippen molar-refractivity contribution in [2.45, 2.75) is 69.8 Å². The molecule has 2 saturated heterocycles. The van der Waals surface area contributed by atoms with Crippen molar-refractivity contribution < 1.29 is 37.1 Å². The molecule has 0 saturated carbocycles. The Labute approximate surface area is 273 Å². The standard InChI is InChI=1S/C34H35F3N6O5/c1-33(2,47)22-15-26-27(16-25(22)40-30(45)20-7-9-28(38-17-20)34(35,36)37)48-32(41-26)19-11-13-43(14-12-19)18-21-5-3-4-6-23(21)39-24-8-10-29(44)42-31(24)46/h3-7,9,15-17,19,24,39,47H,8,10-14,18H2,1-2H3,(H,40,45)(H,42,44,46). The molecule has 4 N–H and O–H groups in total. The highest BCUT2D eigenvalue weighted by atomic mass is 19.4. The Morgan fingerprint density at radius 2 is 1.81 bits per heavy atom. The third kappa shape index (κ3) is 7.34. The summed E-state index contributed by atoms with van der Waals surface area (Å²) in [4.78, 5) is 47.2. The SMILES string of the molecule is CC(C)(O)c1cc2nc(C3CCN(Cc4ccccc4NC4CCC(=O)NC4=O)CC3)oc2cc1NC(=O)c1ccc(C(F)(F)F)nc1. The van der Waals surface area contributed by atoms with Gasteiger partial charge in [-0.25, -0.2) is 4.98 Å². The first kappa shape index (κ1) is 33.1. The van der Waals surface area contributed by atoms with Gasteiger partial charge >= 0.3 is 6.18 Å². The zero-order valence-electron chi connectivity index (χ0n) is 26.4. The van der Waals surface area contributed by atoms with Crippen molar-refractivity contribution in [3.05, 3.63) is 83.0 Å². The molecule has 1 unspecified atom stereocenters. The zero-order chi connectivity index (χ0) is 34.2. The van der Waals surface area contributed by atoms with Crippen molar-refractivity contribution in [1.82, 2.24) is 20.2 Å². The molecule has 11 nitrogen and oxygen atoms in total. The highest BCUT2D eigenvalue weighted by Crippen LogP contribution is 2.36. The Balaban J connectivity index is 1.13. The van der Waals surface area contributed by atoms with E-state index in [9.17, 15) is 32.7 Å². The van der Waals surface area contributed by atoms with E-state index in [1.54, 1.807) is 26.0 Å². The van der Waals surface area contributed by atoms with Crippen LogP contribution in [0.1, 0.15) is 78.5 Å². The van der Waals surface area contributed by atoms with Crippen LogP contribution in [-0.2, 0) is 27.9 Å². The number of aliphatic hydroxyl groups is 1. The number of halogens is 3. The fourth-order valence-corrected chi connectivity index (χ4v) is 6.06. The van der Waals surface area contributed by atoms with E-state index in [4.69, 9.17) is 9.40 Å².